The molecule has 2 rings (SSSR count). The van der Waals surface area contributed by atoms with Gasteiger partial charge in [0, 0.05) is 10.7 Å². The molecule has 6 heteroatoms. The highest BCUT2D eigenvalue weighted by Crippen LogP contribution is 2.19. The molecule has 16 heavy (non-hydrogen) atoms. The van der Waals surface area contributed by atoms with Crippen LogP contribution >= 0.6 is 54.5 Å². The van der Waals surface area contributed by atoms with Crippen LogP contribution in [0.25, 0.3) is 0 Å². The van der Waals surface area contributed by atoms with Gasteiger partial charge in [-0.15, -0.1) is 0 Å². The van der Waals surface area contributed by atoms with Crippen LogP contribution in [0, 0.1) is 9.52 Å². The van der Waals surface area contributed by atoms with Gasteiger partial charge in [0.05, 0.1) is 11.0 Å². The van der Waals surface area contributed by atoms with Crippen molar-refractivity contribution in [2.24, 2.45) is 0 Å². The fourth-order valence-corrected chi connectivity index (χ4v) is 2.59. The van der Waals surface area contributed by atoms with Crippen LogP contribution in [0.3, 0.4) is 0 Å². The molecule has 1 heterocycles. The molecule has 0 bridgehead atoms. The normalized spacial score (nSPS) is 10.8. The maximum atomic E-state index is 13.1. The Labute approximate surface area is 123 Å². The molecular formula is C10H6Br2FIN2. The maximum absolute atomic E-state index is 13.1. The van der Waals surface area contributed by atoms with Gasteiger partial charge in [-0.3, -0.25) is 4.68 Å². The molecule has 2 aromatic rings. The lowest BCUT2D eigenvalue weighted by molar-refractivity contribution is 0.617. The van der Waals surface area contributed by atoms with Crippen LogP contribution in [0.15, 0.2) is 33.3 Å². The monoisotopic (exact) mass is 458 g/mol. The van der Waals surface area contributed by atoms with E-state index in [0.29, 0.717) is 6.54 Å². The number of hydrogen-bond acceptors (Lipinski definition) is 1. The zero-order chi connectivity index (χ0) is 11.7. The fraction of sp³-hybridized carbons (Fsp3) is 0.100. The van der Waals surface area contributed by atoms with E-state index in [9.17, 15) is 4.39 Å². The highest BCUT2D eigenvalue weighted by molar-refractivity contribution is 14.1. The van der Waals surface area contributed by atoms with E-state index >= 15 is 0 Å². The Balaban J connectivity index is 2.26. The third-order valence-corrected chi connectivity index (χ3v) is 4.52. The fourth-order valence-electron chi connectivity index (χ4n) is 1.34. The van der Waals surface area contributed by atoms with Gasteiger partial charge in [0.1, 0.15) is 9.52 Å². The molecule has 0 aliphatic heterocycles. The first-order chi connectivity index (χ1) is 7.54. The minimum absolute atomic E-state index is 0.245. The molecule has 0 N–H and O–H groups in total. The van der Waals surface area contributed by atoms with Gasteiger partial charge in [-0.05, 0) is 62.3 Å². The smallest absolute Gasteiger partial charge is 0.137 e. The van der Waals surface area contributed by atoms with E-state index in [2.05, 4.69) is 59.5 Å². The summed E-state index contributed by atoms with van der Waals surface area (Å²) in [5.41, 5.74) is 0.873. The molecule has 0 saturated heterocycles. The first-order valence-electron chi connectivity index (χ1n) is 4.38. The van der Waals surface area contributed by atoms with Crippen molar-refractivity contribution in [3.63, 3.8) is 0 Å². The van der Waals surface area contributed by atoms with Gasteiger partial charge in [-0.1, -0.05) is 15.9 Å². The van der Waals surface area contributed by atoms with Gasteiger partial charge in [0.2, 0.25) is 0 Å². The zero-order valence-corrected chi connectivity index (χ0v) is 13.3. The highest BCUT2D eigenvalue weighted by atomic mass is 127. The largest absolute Gasteiger partial charge is 0.266 e. The lowest BCUT2D eigenvalue weighted by atomic mass is 10.2. The van der Waals surface area contributed by atoms with Gasteiger partial charge in [-0.2, -0.15) is 5.10 Å². The second-order valence-electron chi connectivity index (χ2n) is 3.24. The second-order valence-corrected chi connectivity index (χ2v) is 6.03. The van der Waals surface area contributed by atoms with Gasteiger partial charge in [-0.25, -0.2) is 4.39 Å². The summed E-state index contributed by atoms with van der Waals surface area (Å²) in [6.45, 7) is 0.554. The van der Waals surface area contributed by atoms with E-state index < -0.39 is 0 Å². The zero-order valence-electron chi connectivity index (χ0n) is 7.92. The van der Waals surface area contributed by atoms with E-state index in [0.717, 1.165) is 18.2 Å². The van der Waals surface area contributed by atoms with Crippen LogP contribution in [0.5, 0.6) is 0 Å². The molecule has 0 aliphatic rings. The van der Waals surface area contributed by atoms with E-state index in [1.165, 1.54) is 12.1 Å². The number of hydrogen-bond donors (Lipinski definition) is 0. The molecule has 84 valence electrons. The van der Waals surface area contributed by atoms with E-state index in [1.54, 1.807) is 4.68 Å². The average Bonchev–Trinajstić information content (AvgIpc) is 2.43. The quantitative estimate of drug-likeness (QED) is 0.615. The summed E-state index contributed by atoms with van der Waals surface area (Å²) in [6, 6.07) is 4.82. The number of aromatic nitrogens is 2. The molecule has 1 aromatic carbocycles. The maximum Gasteiger partial charge on any atom is 0.137 e. The Kier molecular flexibility index (Phi) is 4.01. The van der Waals surface area contributed by atoms with Crippen molar-refractivity contribution in [1.29, 1.82) is 0 Å². The van der Waals surface area contributed by atoms with E-state index in [-0.39, 0.29) is 5.82 Å². The molecule has 0 radical (unpaired) electrons. The van der Waals surface area contributed by atoms with Crippen molar-refractivity contribution >= 4 is 54.5 Å². The van der Waals surface area contributed by atoms with Crippen molar-refractivity contribution in [2.45, 2.75) is 6.54 Å². The third-order valence-electron chi connectivity index (χ3n) is 1.94. The molecule has 0 amide bonds. The highest BCUT2D eigenvalue weighted by Gasteiger charge is 2.05. The predicted molar refractivity (Wildman–Crippen MR) is 75.8 cm³/mol. The minimum atomic E-state index is -0.245. The predicted octanol–water partition coefficient (Wildman–Crippen LogP) is 4.20. The van der Waals surface area contributed by atoms with Crippen molar-refractivity contribution < 1.29 is 4.39 Å². The van der Waals surface area contributed by atoms with Crippen LogP contribution in [0.4, 0.5) is 4.39 Å². The topological polar surface area (TPSA) is 17.8 Å². The lowest BCUT2D eigenvalue weighted by Crippen LogP contribution is -2.00. The van der Waals surface area contributed by atoms with E-state index in [1.807, 2.05) is 12.3 Å². The van der Waals surface area contributed by atoms with Crippen LogP contribution in [-0.4, -0.2) is 9.78 Å². The molecule has 0 saturated carbocycles. The number of nitrogens with zero attached hydrogens (tertiary/aromatic N) is 2. The summed E-state index contributed by atoms with van der Waals surface area (Å²) in [7, 11) is 0. The van der Waals surface area contributed by atoms with Crippen LogP contribution in [0.1, 0.15) is 5.56 Å². The first kappa shape index (κ1) is 12.5. The second kappa shape index (κ2) is 5.14. The van der Waals surface area contributed by atoms with Gasteiger partial charge in [0.25, 0.3) is 0 Å². The summed E-state index contributed by atoms with van der Waals surface area (Å²) in [5, 5.41) is 4.28. The third kappa shape index (κ3) is 3.04. The molecule has 0 unspecified atom stereocenters. The lowest BCUT2D eigenvalue weighted by Gasteiger charge is -2.02. The molecule has 0 spiro atoms. The SMILES string of the molecule is Fc1cc(Br)cc(Cn2cc(Br)c(I)n2)c1. The first-order valence-corrected chi connectivity index (χ1v) is 7.04. The van der Waals surface area contributed by atoms with Crippen LogP contribution < -0.4 is 0 Å². The van der Waals surface area contributed by atoms with E-state index in [4.69, 9.17) is 0 Å². The summed E-state index contributed by atoms with van der Waals surface area (Å²) >= 11 is 8.79. The number of halogens is 4. The van der Waals surface area contributed by atoms with Crippen molar-refractivity contribution in [3.05, 3.63) is 48.4 Å². The van der Waals surface area contributed by atoms with Crippen molar-refractivity contribution in [1.82, 2.24) is 9.78 Å². The number of rotatable bonds is 2. The minimum Gasteiger partial charge on any atom is -0.266 e. The standard InChI is InChI=1S/C10H6Br2FIN2/c11-7-1-6(2-8(13)3-7)4-16-5-9(12)10(14)15-16/h1-3,5H,4H2. The number of benzene rings is 1. The molecular weight excluding hydrogens is 454 g/mol. The average molecular weight is 460 g/mol. The Morgan fingerprint density at radius 1 is 1.31 bits per heavy atom. The molecule has 2 nitrogen and oxygen atoms in total. The van der Waals surface area contributed by atoms with Gasteiger partial charge in [0.15, 0.2) is 0 Å². The molecule has 1 aromatic heterocycles. The van der Waals surface area contributed by atoms with Crippen molar-refractivity contribution in [2.75, 3.05) is 0 Å². The van der Waals surface area contributed by atoms with Crippen LogP contribution in [-0.2, 0) is 6.54 Å². The Hall–Kier alpha value is 0.0500. The van der Waals surface area contributed by atoms with Gasteiger partial charge < -0.3 is 0 Å². The summed E-state index contributed by atoms with van der Waals surface area (Å²) in [5.74, 6) is -0.245. The summed E-state index contributed by atoms with van der Waals surface area (Å²) in [4.78, 5) is 0. The molecule has 0 aliphatic carbocycles. The Morgan fingerprint density at radius 2 is 2.06 bits per heavy atom. The Morgan fingerprint density at radius 3 is 2.62 bits per heavy atom. The molecule has 0 atom stereocenters. The molecule has 0 fully saturated rings. The van der Waals surface area contributed by atoms with Gasteiger partial charge >= 0.3 is 0 Å². The van der Waals surface area contributed by atoms with Crippen molar-refractivity contribution in [3.8, 4) is 0 Å². The Bertz CT molecular complexity index is 488. The summed E-state index contributed by atoms with van der Waals surface area (Å²) in [6.07, 6.45) is 1.88. The summed E-state index contributed by atoms with van der Waals surface area (Å²) < 4.78 is 17.5. The van der Waals surface area contributed by atoms with Crippen LogP contribution in [0.2, 0.25) is 0 Å².